The molecule has 124 valence electrons. The molecular formula is C15H19N3O4S. The lowest BCUT2D eigenvalue weighted by atomic mass is 10.1. The number of carbonyl (C=O) groups excluding carboxylic acids is 2. The lowest BCUT2D eigenvalue weighted by Gasteiger charge is -2.02. The highest BCUT2D eigenvalue weighted by atomic mass is 32.1. The van der Waals surface area contributed by atoms with Gasteiger partial charge in [0.05, 0.1) is 24.4 Å². The van der Waals surface area contributed by atoms with Crippen LogP contribution in [0.4, 0.5) is 5.13 Å². The van der Waals surface area contributed by atoms with Gasteiger partial charge in [0.1, 0.15) is 5.76 Å². The molecule has 0 bridgehead atoms. The highest BCUT2D eigenvalue weighted by Crippen LogP contribution is 2.18. The molecule has 0 spiro atoms. The van der Waals surface area contributed by atoms with Gasteiger partial charge in [-0.05, 0) is 27.2 Å². The van der Waals surface area contributed by atoms with Crippen molar-refractivity contribution in [3.63, 3.8) is 0 Å². The second kappa shape index (κ2) is 7.87. The maximum absolute atomic E-state index is 12.0. The average Bonchev–Trinajstić information content (AvgIpc) is 3.04. The molecule has 23 heavy (non-hydrogen) atoms. The van der Waals surface area contributed by atoms with E-state index in [1.807, 2.05) is 13.8 Å². The van der Waals surface area contributed by atoms with Crippen LogP contribution >= 0.6 is 11.3 Å². The summed E-state index contributed by atoms with van der Waals surface area (Å²) in [6, 6.07) is 0. The molecule has 7 nitrogen and oxygen atoms in total. The van der Waals surface area contributed by atoms with Crippen LogP contribution in [0.5, 0.6) is 0 Å². The maximum atomic E-state index is 12.0. The Kier molecular flexibility index (Phi) is 5.86. The topological polar surface area (TPSA) is 94.3 Å². The van der Waals surface area contributed by atoms with E-state index in [-0.39, 0.29) is 18.3 Å². The number of aromatic nitrogens is 2. The Morgan fingerprint density at radius 2 is 2.17 bits per heavy atom. The SMILES string of the molecule is CCOC(=O)Cc1csc(NC(=O)CCc2c(C)noc2C)n1. The van der Waals surface area contributed by atoms with Gasteiger partial charge in [-0.15, -0.1) is 11.3 Å². The predicted molar refractivity (Wildman–Crippen MR) is 85.4 cm³/mol. The van der Waals surface area contributed by atoms with E-state index in [2.05, 4.69) is 15.5 Å². The zero-order chi connectivity index (χ0) is 16.8. The Labute approximate surface area is 138 Å². The molecule has 8 heteroatoms. The summed E-state index contributed by atoms with van der Waals surface area (Å²) in [6.07, 6.45) is 0.989. The fourth-order valence-electron chi connectivity index (χ4n) is 2.08. The largest absolute Gasteiger partial charge is 0.466 e. The summed E-state index contributed by atoms with van der Waals surface area (Å²) in [6.45, 7) is 5.78. The van der Waals surface area contributed by atoms with Crippen molar-refractivity contribution >= 4 is 28.3 Å². The van der Waals surface area contributed by atoms with Gasteiger partial charge in [-0.2, -0.15) is 0 Å². The van der Waals surface area contributed by atoms with Gasteiger partial charge < -0.3 is 14.6 Å². The predicted octanol–water partition coefficient (Wildman–Crippen LogP) is 2.42. The number of anilines is 1. The Balaban J connectivity index is 1.84. The smallest absolute Gasteiger partial charge is 0.311 e. The average molecular weight is 337 g/mol. The number of hydrogen-bond donors (Lipinski definition) is 1. The number of hydrogen-bond acceptors (Lipinski definition) is 7. The molecule has 0 aliphatic rings. The number of thiazole rings is 1. The molecule has 0 unspecified atom stereocenters. The summed E-state index contributed by atoms with van der Waals surface area (Å²) in [4.78, 5) is 27.6. The Hall–Kier alpha value is -2.22. The van der Waals surface area contributed by atoms with Crippen molar-refractivity contribution in [2.45, 2.75) is 40.0 Å². The summed E-state index contributed by atoms with van der Waals surface area (Å²) in [7, 11) is 0. The van der Waals surface area contributed by atoms with Crippen LogP contribution in [0.1, 0.15) is 36.1 Å². The van der Waals surface area contributed by atoms with Crippen LogP contribution in [0.25, 0.3) is 0 Å². The van der Waals surface area contributed by atoms with E-state index >= 15 is 0 Å². The molecule has 0 saturated carbocycles. The molecular weight excluding hydrogens is 318 g/mol. The summed E-state index contributed by atoms with van der Waals surface area (Å²) in [5.41, 5.74) is 2.36. The van der Waals surface area contributed by atoms with Crippen LogP contribution in [-0.4, -0.2) is 28.6 Å². The highest BCUT2D eigenvalue weighted by Gasteiger charge is 2.13. The molecule has 2 heterocycles. The van der Waals surface area contributed by atoms with Crippen LogP contribution in [-0.2, 0) is 27.2 Å². The van der Waals surface area contributed by atoms with E-state index in [1.54, 1.807) is 12.3 Å². The van der Waals surface area contributed by atoms with Gasteiger partial charge in [0.15, 0.2) is 5.13 Å². The molecule has 0 atom stereocenters. The van der Waals surface area contributed by atoms with Crippen LogP contribution in [0.3, 0.4) is 0 Å². The molecule has 0 aromatic carbocycles. The van der Waals surface area contributed by atoms with Gasteiger partial charge in [0, 0.05) is 17.4 Å². The molecule has 0 fully saturated rings. The molecule has 0 saturated heterocycles. The van der Waals surface area contributed by atoms with Crippen molar-refractivity contribution in [1.82, 2.24) is 10.1 Å². The Bertz CT molecular complexity index is 673. The first kappa shape index (κ1) is 17.1. The number of esters is 1. The number of rotatable bonds is 7. The third-order valence-electron chi connectivity index (χ3n) is 3.21. The Morgan fingerprint density at radius 3 is 2.83 bits per heavy atom. The van der Waals surface area contributed by atoms with Crippen LogP contribution < -0.4 is 5.32 Å². The monoisotopic (exact) mass is 337 g/mol. The van der Waals surface area contributed by atoms with Crippen molar-refractivity contribution in [2.75, 3.05) is 11.9 Å². The minimum absolute atomic E-state index is 0.110. The molecule has 0 radical (unpaired) electrons. The fourth-order valence-corrected chi connectivity index (χ4v) is 2.81. The first-order chi connectivity index (χ1) is 11.0. The van der Waals surface area contributed by atoms with Crippen LogP contribution in [0.2, 0.25) is 0 Å². The molecule has 1 amide bonds. The molecule has 0 aliphatic heterocycles. The lowest BCUT2D eigenvalue weighted by Crippen LogP contribution is -2.13. The highest BCUT2D eigenvalue weighted by molar-refractivity contribution is 7.13. The molecule has 2 rings (SSSR count). The minimum Gasteiger partial charge on any atom is -0.466 e. The van der Waals surface area contributed by atoms with E-state index in [4.69, 9.17) is 9.26 Å². The fraction of sp³-hybridized carbons (Fsp3) is 0.467. The quantitative estimate of drug-likeness (QED) is 0.780. The number of nitrogens with one attached hydrogen (secondary N) is 1. The van der Waals surface area contributed by atoms with Gasteiger partial charge in [-0.25, -0.2) is 4.98 Å². The van der Waals surface area contributed by atoms with Crippen molar-refractivity contribution in [3.05, 3.63) is 28.1 Å². The first-order valence-electron chi connectivity index (χ1n) is 7.31. The normalized spacial score (nSPS) is 10.6. The van der Waals surface area contributed by atoms with E-state index < -0.39 is 0 Å². The van der Waals surface area contributed by atoms with E-state index in [0.717, 1.165) is 17.0 Å². The number of ether oxygens (including phenoxy) is 1. The molecule has 1 N–H and O–H groups in total. The van der Waals surface area contributed by atoms with E-state index in [1.165, 1.54) is 11.3 Å². The second-order valence-electron chi connectivity index (χ2n) is 4.98. The maximum Gasteiger partial charge on any atom is 0.311 e. The zero-order valence-electron chi connectivity index (χ0n) is 13.3. The van der Waals surface area contributed by atoms with Crippen molar-refractivity contribution in [2.24, 2.45) is 0 Å². The first-order valence-corrected chi connectivity index (χ1v) is 8.19. The van der Waals surface area contributed by atoms with Gasteiger partial charge in [-0.1, -0.05) is 5.16 Å². The zero-order valence-corrected chi connectivity index (χ0v) is 14.2. The molecule has 2 aromatic heterocycles. The number of nitrogens with zero attached hydrogens (tertiary/aromatic N) is 2. The summed E-state index contributed by atoms with van der Waals surface area (Å²) < 4.78 is 9.93. The minimum atomic E-state index is -0.325. The lowest BCUT2D eigenvalue weighted by molar-refractivity contribution is -0.142. The van der Waals surface area contributed by atoms with Crippen molar-refractivity contribution in [3.8, 4) is 0 Å². The van der Waals surface area contributed by atoms with Gasteiger partial charge >= 0.3 is 5.97 Å². The molecule has 2 aromatic rings. The van der Waals surface area contributed by atoms with Crippen LogP contribution in [0, 0.1) is 13.8 Å². The number of amides is 1. The second-order valence-corrected chi connectivity index (χ2v) is 5.83. The summed E-state index contributed by atoms with van der Waals surface area (Å²) in [5, 5.41) is 8.81. The van der Waals surface area contributed by atoms with Crippen LogP contribution in [0.15, 0.2) is 9.90 Å². The number of carbonyl (C=O) groups is 2. The van der Waals surface area contributed by atoms with Crippen molar-refractivity contribution in [1.29, 1.82) is 0 Å². The Morgan fingerprint density at radius 1 is 1.39 bits per heavy atom. The van der Waals surface area contributed by atoms with Gasteiger partial charge in [0.25, 0.3) is 0 Å². The van der Waals surface area contributed by atoms with Gasteiger partial charge in [0.2, 0.25) is 5.91 Å². The third-order valence-corrected chi connectivity index (χ3v) is 4.02. The number of aryl methyl sites for hydroxylation is 2. The summed E-state index contributed by atoms with van der Waals surface area (Å²) >= 11 is 1.29. The standard InChI is InChI=1S/C15H19N3O4S/c1-4-21-14(20)7-11-8-23-15(16-11)17-13(19)6-5-12-9(2)18-22-10(12)3/h8H,4-7H2,1-3H3,(H,16,17,19). The van der Waals surface area contributed by atoms with Crippen molar-refractivity contribution < 1.29 is 18.8 Å². The van der Waals surface area contributed by atoms with E-state index in [0.29, 0.717) is 30.3 Å². The van der Waals surface area contributed by atoms with E-state index in [9.17, 15) is 9.59 Å². The molecule has 0 aliphatic carbocycles. The third kappa shape index (κ3) is 4.88. The summed E-state index contributed by atoms with van der Waals surface area (Å²) in [5.74, 6) is 0.275. The van der Waals surface area contributed by atoms with Gasteiger partial charge in [-0.3, -0.25) is 9.59 Å².